The lowest BCUT2D eigenvalue weighted by molar-refractivity contribution is 0.0966. The van der Waals surface area contributed by atoms with Crippen LogP contribution in [0.3, 0.4) is 0 Å². The first-order valence-corrected chi connectivity index (χ1v) is 10.2. The molecule has 0 saturated heterocycles. The van der Waals surface area contributed by atoms with E-state index in [4.69, 9.17) is 18.7 Å². The number of para-hydroxylation sites is 3. The van der Waals surface area contributed by atoms with Gasteiger partial charge >= 0.3 is 14.0 Å². The molecule has 0 heterocycles. The van der Waals surface area contributed by atoms with Crippen LogP contribution in [0.2, 0.25) is 0 Å². The van der Waals surface area contributed by atoms with Gasteiger partial charge in [0.15, 0.2) is 0 Å². The third kappa shape index (κ3) is 8.41. The highest BCUT2D eigenvalue weighted by molar-refractivity contribution is 7.49. The summed E-state index contributed by atoms with van der Waals surface area (Å²) in [5.41, 5.74) is 0. The van der Waals surface area contributed by atoms with Crippen molar-refractivity contribution in [2.75, 3.05) is 6.61 Å². The second-order valence-corrected chi connectivity index (χ2v) is 6.80. The second kappa shape index (κ2) is 11.4. The Bertz CT molecular complexity index is 794. The van der Waals surface area contributed by atoms with Crippen molar-refractivity contribution < 1.29 is 32.8 Å². The molecule has 0 aromatic heterocycles. The van der Waals surface area contributed by atoms with Crippen molar-refractivity contribution in [3.05, 3.63) is 91.0 Å². The Labute approximate surface area is 169 Å². The molecule has 3 rings (SSSR count). The molecule has 0 saturated carbocycles. The van der Waals surface area contributed by atoms with Gasteiger partial charge in [0.2, 0.25) is 0 Å². The molecule has 152 valence electrons. The molecule has 0 amide bonds. The Kier molecular flexibility index (Phi) is 8.60. The van der Waals surface area contributed by atoms with Crippen LogP contribution in [0.15, 0.2) is 91.0 Å². The standard InChI is InChI=1S/C18H15O4P.C3H6O3/c19-23(20-16-10-4-1-5-11-16,21-17-12-6-2-7-13-17)22-18-14-8-3-9-15-18;1-2-6-3(4)5/h1-15H;2H2,1H3,(H,4,5). The first-order valence-electron chi connectivity index (χ1n) is 8.70. The van der Waals surface area contributed by atoms with Crippen molar-refractivity contribution in [3.8, 4) is 17.2 Å². The lowest BCUT2D eigenvalue weighted by Gasteiger charge is -2.19. The average Bonchev–Trinajstić information content (AvgIpc) is 2.70. The van der Waals surface area contributed by atoms with Crippen LogP contribution in [-0.4, -0.2) is 17.9 Å². The fourth-order valence-electron chi connectivity index (χ4n) is 2.01. The van der Waals surface area contributed by atoms with E-state index < -0.39 is 14.0 Å². The van der Waals surface area contributed by atoms with Crippen LogP contribution in [-0.2, 0) is 9.30 Å². The fraction of sp³-hybridized carbons (Fsp3) is 0.0952. The van der Waals surface area contributed by atoms with E-state index in [1.54, 1.807) is 79.7 Å². The molecule has 7 nitrogen and oxygen atoms in total. The zero-order valence-corrected chi connectivity index (χ0v) is 16.6. The van der Waals surface area contributed by atoms with Crippen molar-refractivity contribution in [3.63, 3.8) is 0 Å². The second-order valence-electron chi connectivity index (χ2n) is 5.36. The molecule has 1 N–H and O–H groups in total. The van der Waals surface area contributed by atoms with Gasteiger partial charge in [0.25, 0.3) is 0 Å². The van der Waals surface area contributed by atoms with Crippen molar-refractivity contribution in [2.45, 2.75) is 6.92 Å². The quantitative estimate of drug-likeness (QED) is 0.371. The van der Waals surface area contributed by atoms with Gasteiger partial charge in [-0.15, -0.1) is 0 Å². The van der Waals surface area contributed by atoms with Crippen LogP contribution in [0.1, 0.15) is 6.92 Å². The highest BCUT2D eigenvalue weighted by Gasteiger charge is 2.33. The molecule has 3 aromatic carbocycles. The molecular weight excluding hydrogens is 395 g/mol. The van der Waals surface area contributed by atoms with Gasteiger partial charge < -0.3 is 23.4 Å². The summed E-state index contributed by atoms with van der Waals surface area (Å²) in [7, 11) is -3.89. The van der Waals surface area contributed by atoms with Crippen LogP contribution >= 0.6 is 7.82 Å². The number of rotatable bonds is 7. The van der Waals surface area contributed by atoms with Crippen molar-refractivity contribution >= 4 is 14.0 Å². The van der Waals surface area contributed by atoms with E-state index in [-0.39, 0.29) is 6.61 Å². The SMILES string of the molecule is CCOC(=O)O.O=P(Oc1ccccc1)(Oc1ccccc1)Oc1ccccc1. The predicted molar refractivity (Wildman–Crippen MR) is 108 cm³/mol. The lowest BCUT2D eigenvalue weighted by atomic mass is 10.3. The van der Waals surface area contributed by atoms with Gasteiger partial charge in [-0.25, -0.2) is 4.79 Å². The van der Waals surface area contributed by atoms with Crippen LogP contribution in [0, 0.1) is 0 Å². The number of benzene rings is 3. The summed E-state index contributed by atoms with van der Waals surface area (Å²) in [5, 5.41) is 7.69. The Morgan fingerprint density at radius 2 is 1.03 bits per heavy atom. The molecular formula is C21H21O7P. The minimum atomic E-state index is -3.89. The Morgan fingerprint density at radius 3 is 1.24 bits per heavy atom. The largest absolute Gasteiger partial charge is 0.647 e. The summed E-state index contributed by atoms with van der Waals surface area (Å²) in [4.78, 5) is 9.38. The molecule has 0 radical (unpaired) electrons. The topological polar surface area (TPSA) is 91.3 Å². The number of carbonyl (C=O) groups is 1. The van der Waals surface area contributed by atoms with Crippen LogP contribution in [0.5, 0.6) is 17.2 Å². The minimum absolute atomic E-state index is 0.231. The summed E-state index contributed by atoms with van der Waals surface area (Å²) >= 11 is 0. The predicted octanol–water partition coefficient (Wildman–Crippen LogP) is 6.03. The third-order valence-electron chi connectivity index (χ3n) is 3.15. The van der Waals surface area contributed by atoms with Gasteiger partial charge in [0.1, 0.15) is 17.2 Å². The molecule has 3 aromatic rings. The zero-order chi connectivity index (χ0) is 21.0. The minimum Gasteiger partial charge on any atom is -0.450 e. The van der Waals surface area contributed by atoms with E-state index in [1.165, 1.54) is 0 Å². The monoisotopic (exact) mass is 416 g/mol. The molecule has 0 bridgehead atoms. The van der Waals surface area contributed by atoms with Crippen LogP contribution in [0.4, 0.5) is 4.79 Å². The van der Waals surface area contributed by atoms with E-state index >= 15 is 0 Å². The van der Waals surface area contributed by atoms with Crippen LogP contribution in [0.25, 0.3) is 0 Å². The highest BCUT2D eigenvalue weighted by Crippen LogP contribution is 2.49. The Balaban J connectivity index is 0.000000438. The first kappa shape index (κ1) is 21.9. The molecule has 0 spiro atoms. The van der Waals surface area contributed by atoms with Gasteiger partial charge in [0.05, 0.1) is 6.61 Å². The van der Waals surface area contributed by atoms with Gasteiger partial charge in [-0.1, -0.05) is 54.6 Å². The maximum absolute atomic E-state index is 13.1. The maximum atomic E-state index is 13.1. The van der Waals surface area contributed by atoms with Gasteiger partial charge in [0, 0.05) is 0 Å². The van der Waals surface area contributed by atoms with Gasteiger partial charge in [-0.2, -0.15) is 4.57 Å². The summed E-state index contributed by atoms with van der Waals surface area (Å²) < 4.78 is 33.6. The number of phosphoric ester groups is 1. The number of hydrogen-bond acceptors (Lipinski definition) is 6. The fourth-order valence-corrected chi connectivity index (χ4v) is 3.26. The Hall–Kier alpha value is -3.44. The molecule has 0 atom stereocenters. The third-order valence-corrected chi connectivity index (χ3v) is 4.45. The lowest BCUT2D eigenvalue weighted by Crippen LogP contribution is -2.07. The van der Waals surface area contributed by atoms with E-state index in [9.17, 15) is 9.36 Å². The highest BCUT2D eigenvalue weighted by atomic mass is 31.2. The first-order chi connectivity index (χ1) is 14.0. The number of ether oxygens (including phenoxy) is 1. The molecule has 0 aliphatic rings. The van der Waals surface area contributed by atoms with Crippen molar-refractivity contribution in [2.24, 2.45) is 0 Å². The van der Waals surface area contributed by atoms with E-state index in [1.807, 2.05) is 18.2 Å². The van der Waals surface area contributed by atoms with Gasteiger partial charge in [-0.3, -0.25) is 0 Å². The van der Waals surface area contributed by atoms with E-state index in [2.05, 4.69) is 4.74 Å². The average molecular weight is 416 g/mol. The molecule has 0 unspecified atom stereocenters. The number of phosphoric acid groups is 1. The maximum Gasteiger partial charge on any atom is 0.647 e. The summed E-state index contributed by atoms with van der Waals surface area (Å²) in [6.07, 6.45) is -1.21. The van der Waals surface area contributed by atoms with Crippen molar-refractivity contribution in [1.82, 2.24) is 0 Å². The number of hydrogen-bond donors (Lipinski definition) is 1. The van der Waals surface area contributed by atoms with E-state index in [0.29, 0.717) is 17.2 Å². The van der Waals surface area contributed by atoms with Gasteiger partial charge in [-0.05, 0) is 43.3 Å². The molecule has 0 aliphatic carbocycles. The molecule has 0 fully saturated rings. The number of carboxylic acid groups (broad SMARTS) is 1. The normalized spacial score (nSPS) is 10.1. The van der Waals surface area contributed by atoms with Crippen molar-refractivity contribution in [1.29, 1.82) is 0 Å². The van der Waals surface area contributed by atoms with Crippen LogP contribution < -0.4 is 13.6 Å². The smallest absolute Gasteiger partial charge is 0.450 e. The molecule has 8 heteroatoms. The summed E-state index contributed by atoms with van der Waals surface area (Å²) in [5.74, 6) is 1.22. The zero-order valence-electron chi connectivity index (χ0n) is 15.7. The molecule has 29 heavy (non-hydrogen) atoms. The summed E-state index contributed by atoms with van der Waals surface area (Å²) in [6, 6.07) is 26.4. The summed E-state index contributed by atoms with van der Waals surface area (Å²) in [6.45, 7) is 1.85. The van der Waals surface area contributed by atoms with E-state index in [0.717, 1.165) is 0 Å². The molecule has 0 aliphatic heterocycles. The Morgan fingerprint density at radius 1 is 0.724 bits per heavy atom.